The van der Waals surface area contributed by atoms with Crippen molar-refractivity contribution in [3.05, 3.63) is 47.3 Å². The van der Waals surface area contributed by atoms with E-state index in [4.69, 9.17) is 5.11 Å². The predicted octanol–water partition coefficient (Wildman–Crippen LogP) is 1.93. The molecule has 0 aliphatic rings. The summed E-state index contributed by atoms with van der Waals surface area (Å²) in [5.74, 6) is -6.53. The molecule has 0 aromatic heterocycles. The molecule has 0 radical (unpaired) electrons. The lowest BCUT2D eigenvalue weighted by Gasteiger charge is -2.00. The van der Waals surface area contributed by atoms with Gasteiger partial charge in [0.15, 0.2) is 5.78 Å². The lowest BCUT2D eigenvalue weighted by Crippen LogP contribution is -2.04. The zero-order valence-electron chi connectivity index (χ0n) is 7.71. The number of carbonyl (C=O) groups is 2. The van der Waals surface area contributed by atoms with Crippen molar-refractivity contribution in [1.82, 2.24) is 0 Å². The van der Waals surface area contributed by atoms with Crippen LogP contribution in [0, 0.1) is 17.5 Å². The molecular formula is C10H5F3O3. The van der Waals surface area contributed by atoms with Crippen LogP contribution in [0.3, 0.4) is 0 Å². The molecule has 0 saturated carbocycles. The first-order chi connectivity index (χ1) is 7.41. The number of allylic oxidation sites excluding steroid dienone is 1. The highest BCUT2D eigenvalue weighted by molar-refractivity contribution is 6.07. The number of benzene rings is 1. The molecular weight excluding hydrogens is 225 g/mol. The molecule has 0 aliphatic heterocycles. The topological polar surface area (TPSA) is 54.4 Å². The molecule has 1 aromatic rings. The van der Waals surface area contributed by atoms with Crippen LogP contribution >= 0.6 is 0 Å². The monoisotopic (exact) mass is 230 g/mol. The Bertz CT molecular complexity index is 457. The van der Waals surface area contributed by atoms with E-state index in [-0.39, 0.29) is 0 Å². The summed E-state index contributed by atoms with van der Waals surface area (Å²) in [5, 5.41) is 8.21. The van der Waals surface area contributed by atoms with E-state index < -0.39 is 34.8 Å². The lowest BCUT2D eigenvalue weighted by atomic mass is 10.1. The fourth-order valence-electron chi connectivity index (χ4n) is 1.01. The maximum Gasteiger partial charge on any atom is 0.328 e. The highest BCUT2D eigenvalue weighted by Crippen LogP contribution is 2.15. The average molecular weight is 230 g/mol. The number of carbonyl (C=O) groups excluding carboxylic acids is 1. The van der Waals surface area contributed by atoms with Crippen molar-refractivity contribution < 1.29 is 27.9 Å². The number of aliphatic carboxylic acids is 1. The van der Waals surface area contributed by atoms with Crippen molar-refractivity contribution in [3.8, 4) is 0 Å². The maximum atomic E-state index is 13.0. The second kappa shape index (κ2) is 4.61. The third kappa shape index (κ3) is 2.69. The first-order valence-electron chi connectivity index (χ1n) is 4.01. The van der Waals surface area contributed by atoms with E-state index in [2.05, 4.69) is 0 Å². The summed E-state index contributed by atoms with van der Waals surface area (Å²) >= 11 is 0. The van der Waals surface area contributed by atoms with Crippen molar-refractivity contribution >= 4 is 11.8 Å². The number of hydrogen-bond donors (Lipinski definition) is 1. The fraction of sp³-hybridized carbons (Fsp3) is 0. The van der Waals surface area contributed by atoms with Gasteiger partial charge in [0.1, 0.15) is 17.5 Å². The number of halogens is 3. The molecule has 6 heteroatoms. The Morgan fingerprint density at radius 3 is 2.00 bits per heavy atom. The summed E-state index contributed by atoms with van der Waals surface area (Å²) in [6.45, 7) is 0. The number of carboxylic acids is 1. The Labute approximate surface area is 87.8 Å². The Balaban J connectivity index is 3.14. The third-order valence-corrected chi connectivity index (χ3v) is 1.63. The van der Waals surface area contributed by atoms with Gasteiger partial charge in [-0.15, -0.1) is 0 Å². The molecule has 0 heterocycles. The molecule has 1 aromatic carbocycles. The highest BCUT2D eigenvalue weighted by Gasteiger charge is 2.16. The van der Waals surface area contributed by atoms with Gasteiger partial charge in [0.05, 0.1) is 5.56 Å². The number of carboxylic acid groups (broad SMARTS) is 1. The number of ketones is 1. The van der Waals surface area contributed by atoms with E-state index in [1.807, 2.05) is 0 Å². The van der Waals surface area contributed by atoms with E-state index in [0.717, 1.165) is 0 Å². The van der Waals surface area contributed by atoms with E-state index >= 15 is 0 Å². The summed E-state index contributed by atoms with van der Waals surface area (Å²) in [6, 6.07) is 0.676. The molecule has 0 atom stereocenters. The maximum absolute atomic E-state index is 13.0. The molecule has 0 saturated heterocycles. The van der Waals surface area contributed by atoms with Crippen LogP contribution in [0.5, 0.6) is 0 Å². The normalized spacial score (nSPS) is 10.7. The van der Waals surface area contributed by atoms with Gasteiger partial charge in [-0.3, -0.25) is 4.79 Å². The van der Waals surface area contributed by atoms with Crippen LogP contribution in [0.1, 0.15) is 10.4 Å². The van der Waals surface area contributed by atoms with Gasteiger partial charge < -0.3 is 5.11 Å². The Morgan fingerprint density at radius 2 is 1.56 bits per heavy atom. The zero-order valence-corrected chi connectivity index (χ0v) is 7.71. The van der Waals surface area contributed by atoms with Gasteiger partial charge in [0.2, 0.25) is 0 Å². The van der Waals surface area contributed by atoms with Gasteiger partial charge in [-0.25, -0.2) is 18.0 Å². The molecule has 0 aliphatic carbocycles. The van der Waals surface area contributed by atoms with E-state index in [9.17, 15) is 22.8 Å². The van der Waals surface area contributed by atoms with Crippen molar-refractivity contribution in [3.63, 3.8) is 0 Å². The van der Waals surface area contributed by atoms with Crippen LogP contribution in [0.4, 0.5) is 13.2 Å². The van der Waals surface area contributed by atoms with Crippen molar-refractivity contribution in [2.24, 2.45) is 0 Å². The molecule has 3 nitrogen and oxygen atoms in total. The van der Waals surface area contributed by atoms with Crippen LogP contribution in [-0.4, -0.2) is 16.9 Å². The SMILES string of the molecule is O=C(O)C=CC(=O)c1c(F)cc(F)cc1F. The van der Waals surface area contributed by atoms with Crippen molar-refractivity contribution in [2.75, 3.05) is 0 Å². The molecule has 0 bridgehead atoms. The summed E-state index contributed by atoms with van der Waals surface area (Å²) in [5.41, 5.74) is -0.987. The van der Waals surface area contributed by atoms with Gasteiger partial charge in [0, 0.05) is 18.2 Å². The second-order valence-corrected chi connectivity index (χ2v) is 2.78. The average Bonchev–Trinajstić information content (AvgIpc) is 2.12. The van der Waals surface area contributed by atoms with Crippen LogP contribution in [0.25, 0.3) is 0 Å². The van der Waals surface area contributed by atoms with Gasteiger partial charge in [-0.2, -0.15) is 0 Å². The van der Waals surface area contributed by atoms with Crippen LogP contribution in [0.15, 0.2) is 24.3 Å². The number of hydrogen-bond acceptors (Lipinski definition) is 2. The highest BCUT2D eigenvalue weighted by atomic mass is 19.1. The minimum absolute atomic E-state index is 0.338. The number of rotatable bonds is 3. The Morgan fingerprint density at radius 1 is 1.06 bits per heavy atom. The molecule has 1 rings (SSSR count). The van der Waals surface area contributed by atoms with Gasteiger partial charge in [-0.1, -0.05) is 0 Å². The minimum atomic E-state index is -1.43. The van der Waals surface area contributed by atoms with E-state index in [1.165, 1.54) is 0 Å². The summed E-state index contributed by atoms with van der Waals surface area (Å²) in [7, 11) is 0. The predicted molar refractivity (Wildman–Crippen MR) is 47.4 cm³/mol. The molecule has 0 spiro atoms. The van der Waals surface area contributed by atoms with Gasteiger partial charge in [0.25, 0.3) is 0 Å². The Hall–Kier alpha value is -2.11. The summed E-state index contributed by atoms with van der Waals surface area (Å²) in [4.78, 5) is 21.2. The van der Waals surface area contributed by atoms with Gasteiger partial charge in [-0.05, 0) is 6.08 Å². The quantitative estimate of drug-likeness (QED) is 0.637. The smallest absolute Gasteiger partial charge is 0.328 e. The molecule has 0 unspecified atom stereocenters. The minimum Gasteiger partial charge on any atom is -0.478 e. The molecule has 0 amide bonds. The van der Waals surface area contributed by atoms with Crippen LogP contribution in [-0.2, 0) is 4.79 Å². The molecule has 0 fully saturated rings. The second-order valence-electron chi connectivity index (χ2n) is 2.78. The van der Waals surface area contributed by atoms with E-state index in [1.54, 1.807) is 0 Å². The molecule has 16 heavy (non-hydrogen) atoms. The largest absolute Gasteiger partial charge is 0.478 e. The first-order valence-corrected chi connectivity index (χ1v) is 4.01. The van der Waals surface area contributed by atoms with Crippen LogP contribution in [0.2, 0.25) is 0 Å². The fourth-order valence-corrected chi connectivity index (χ4v) is 1.01. The molecule has 84 valence electrons. The van der Waals surface area contributed by atoms with E-state index in [0.29, 0.717) is 24.3 Å². The van der Waals surface area contributed by atoms with Crippen LogP contribution < -0.4 is 0 Å². The molecule has 1 N–H and O–H groups in total. The van der Waals surface area contributed by atoms with Crippen molar-refractivity contribution in [1.29, 1.82) is 0 Å². The van der Waals surface area contributed by atoms with Gasteiger partial charge >= 0.3 is 5.97 Å². The first kappa shape index (κ1) is 12.0. The third-order valence-electron chi connectivity index (χ3n) is 1.63. The summed E-state index contributed by atoms with van der Waals surface area (Å²) in [6.07, 6.45) is 0.923. The lowest BCUT2D eigenvalue weighted by molar-refractivity contribution is -0.131. The Kier molecular flexibility index (Phi) is 3.44. The standard InChI is InChI=1S/C10H5F3O3/c11-5-3-6(12)10(7(13)4-5)8(14)1-2-9(15)16/h1-4H,(H,15,16). The summed E-state index contributed by atoms with van der Waals surface area (Å²) < 4.78 is 38.5. The zero-order chi connectivity index (χ0) is 12.3. The van der Waals surface area contributed by atoms with Crippen molar-refractivity contribution in [2.45, 2.75) is 0 Å².